The van der Waals surface area contributed by atoms with Gasteiger partial charge in [0.1, 0.15) is 11.5 Å². The summed E-state index contributed by atoms with van der Waals surface area (Å²) < 4.78 is 29.3. The Hall–Kier alpha value is -3.05. The highest BCUT2D eigenvalue weighted by Gasteiger charge is 2.31. The molecule has 1 aliphatic rings. The van der Waals surface area contributed by atoms with Gasteiger partial charge in [0, 0.05) is 48.1 Å². The van der Waals surface area contributed by atoms with Crippen LogP contribution in [0.1, 0.15) is 39.8 Å². The molecule has 192 valence electrons. The van der Waals surface area contributed by atoms with Crippen LogP contribution in [-0.2, 0) is 17.1 Å². The van der Waals surface area contributed by atoms with Crippen molar-refractivity contribution in [1.82, 2.24) is 19.1 Å². The molecule has 0 spiro atoms. The van der Waals surface area contributed by atoms with Crippen LogP contribution in [-0.4, -0.2) is 46.5 Å². The number of anilines is 1. The van der Waals surface area contributed by atoms with E-state index in [2.05, 4.69) is 15.4 Å². The predicted molar refractivity (Wildman–Crippen MR) is 146 cm³/mol. The van der Waals surface area contributed by atoms with Crippen LogP contribution in [0.5, 0.6) is 0 Å². The Bertz CT molecular complexity index is 1540. The molecule has 1 fully saturated rings. The van der Waals surface area contributed by atoms with Gasteiger partial charge < -0.3 is 5.32 Å². The van der Waals surface area contributed by atoms with Crippen LogP contribution in [0.2, 0.25) is 5.02 Å². The highest BCUT2D eigenvalue weighted by molar-refractivity contribution is 7.89. The minimum Gasteiger partial charge on any atom is -0.305 e. The molecule has 2 aromatic carbocycles. The first-order chi connectivity index (χ1) is 17.7. The van der Waals surface area contributed by atoms with Crippen molar-refractivity contribution in [2.45, 2.75) is 30.6 Å². The van der Waals surface area contributed by atoms with Crippen LogP contribution in [0, 0.1) is 6.92 Å². The molecule has 3 heterocycles. The maximum Gasteiger partial charge on any atom is 0.276 e. The summed E-state index contributed by atoms with van der Waals surface area (Å²) in [7, 11) is -1.83. The normalized spacial score (nSPS) is 15.1. The summed E-state index contributed by atoms with van der Waals surface area (Å²) in [4.78, 5) is 17.7. The molecule has 0 bridgehead atoms. The zero-order valence-electron chi connectivity index (χ0n) is 20.4. The van der Waals surface area contributed by atoms with Crippen molar-refractivity contribution >= 4 is 44.7 Å². The third-order valence-corrected chi connectivity index (χ3v) is 9.84. The van der Waals surface area contributed by atoms with E-state index in [1.54, 1.807) is 29.2 Å². The van der Waals surface area contributed by atoms with Gasteiger partial charge in [-0.25, -0.2) is 13.4 Å². The summed E-state index contributed by atoms with van der Waals surface area (Å²) in [6, 6.07) is 16.4. The second kappa shape index (κ2) is 10.4. The molecule has 0 unspecified atom stereocenters. The van der Waals surface area contributed by atoms with E-state index >= 15 is 0 Å². The van der Waals surface area contributed by atoms with Crippen LogP contribution in [0.15, 0.2) is 64.9 Å². The minimum atomic E-state index is -3.61. The molecular weight excluding hydrogens is 530 g/mol. The lowest BCUT2D eigenvalue weighted by Crippen LogP contribution is -2.37. The quantitative estimate of drug-likeness (QED) is 0.347. The number of hydrogen-bond donors (Lipinski definition) is 1. The van der Waals surface area contributed by atoms with Gasteiger partial charge >= 0.3 is 0 Å². The van der Waals surface area contributed by atoms with Crippen molar-refractivity contribution in [2.24, 2.45) is 7.05 Å². The number of thiazole rings is 1. The van der Waals surface area contributed by atoms with Gasteiger partial charge in [-0.1, -0.05) is 48.0 Å². The Labute approximate surface area is 225 Å². The van der Waals surface area contributed by atoms with Crippen LogP contribution in [0.3, 0.4) is 0 Å². The number of benzene rings is 2. The molecule has 11 heteroatoms. The topological polar surface area (TPSA) is 97.2 Å². The van der Waals surface area contributed by atoms with Gasteiger partial charge in [-0.2, -0.15) is 9.40 Å². The molecule has 0 atom stereocenters. The van der Waals surface area contributed by atoms with Gasteiger partial charge in [0.15, 0.2) is 0 Å². The van der Waals surface area contributed by atoms with E-state index in [0.717, 1.165) is 21.8 Å². The highest BCUT2D eigenvalue weighted by atomic mass is 35.5. The fourth-order valence-electron chi connectivity index (χ4n) is 4.32. The summed E-state index contributed by atoms with van der Waals surface area (Å²) in [5, 5.41) is 10.4. The lowest BCUT2D eigenvalue weighted by Gasteiger charge is -2.30. The van der Waals surface area contributed by atoms with E-state index in [1.807, 2.05) is 43.3 Å². The van der Waals surface area contributed by atoms with E-state index < -0.39 is 10.0 Å². The molecule has 1 saturated heterocycles. The summed E-state index contributed by atoms with van der Waals surface area (Å²) >= 11 is 7.58. The number of piperidine rings is 1. The number of sulfonamides is 1. The second-order valence-electron chi connectivity index (χ2n) is 9.02. The van der Waals surface area contributed by atoms with Crippen molar-refractivity contribution in [3.8, 4) is 11.3 Å². The SMILES string of the molecule is Cc1ccc(S(=O)(=O)N2CCC(c3nc(C(=O)Nc4cc(-c5ccccc5)nn4C)cs3)CC2)cc1Cl. The first kappa shape index (κ1) is 25.6. The third-order valence-electron chi connectivity index (χ3n) is 6.53. The maximum atomic E-state index is 13.1. The van der Waals surface area contributed by atoms with Crippen molar-refractivity contribution in [3.05, 3.63) is 81.3 Å². The third kappa shape index (κ3) is 5.33. The van der Waals surface area contributed by atoms with E-state index in [0.29, 0.717) is 42.5 Å². The molecule has 0 saturated carbocycles. The van der Waals surface area contributed by atoms with E-state index in [4.69, 9.17) is 11.6 Å². The van der Waals surface area contributed by atoms with Crippen LogP contribution in [0.4, 0.5) is 5.82 Å². The molecule has 0 aliphatic carbocycles. The average Bonchev–Trinajstić information content (AvgIpc) is 3.54. The number of carbonyl (C=O) groups excluding carboxylic acids is 1. The number of amides is 1. The molecule has 8 nitrogen and oxygen atoms in total. The summed E-state index contributed by atoms with van der Waals surface area (Å²) in [6.07, 6.45) is 1.27. The monoisotopic (exact) mass is 555 g/mol. The van der Waals surface area contributed by atoms with Crippen molar-refractivity contribution < 1.29 is 13.2 Å². The van der Waals surface area contributed by atoms with E-state index in [-0.39, 0.29) is 16.7 Å². The first-order valence-corrected chi connectivity index (χ1v) is 14.5. The van der Waals surface area contributed by atoms with Gasteiger partial charge in [0.25, 0.3) is 5.91 Å². The average molecular weight is 556 g/mol. The molecule has 1 amide bonds. The summed E-state index contributed by atoms with van der Waals surface area (Å²) in [6.45, 7) is 2.61. The van der Waals surface area contributed by atoms with Gasteiger partial charge in [0.2, 0.25) is 10.0 Å². The zero-order chi connectivity index (χ0) is 26.2. The van der Waals surface area contributed by atoms with Crippen LogP contribution in [0.25, 0.3) is 11.3 Å². The van der Waals surface area contributed by atoms with E-state index in [9.17, 15) is 13.2 Å². The second-order valence-corrected chi connectivity index (χ2v) is 12.3. The lowest BCUT2D eigenvalue weighted by atomic mass is 9.99. The molecule has 2 aromatic heterocycles. The van der Waals surface area contributed by atoms with Gasteiger partial charge in [-0.15, -0.1) is 11.3 Å². The number of halogens is 1. The number of nitrogens with zero attached hydrogens (tertiary/aromatic N) is 4. The van der Waals surface area contributed by atoms with Crippen molar-refractivity contribution in [3.63, 3.8) is 0 Å². The Morgan fingerprint density at radius 2 is 1.84 bits per heavy atom. The van der Waals surface area contributed by atoms with Crippen molar-refractivity contribution in [1.29, 1.82) is 0 Å². The first-order valence-electron chi connectivity index (χ1n) is 11.8. The van der Waals surface area contributed by atoms with Gasteiger partial charge in [-0.05, 0) is 37.5 Å². The fourth-order valence-corrected chi connectivity index (χ4v) is 7.03. The van der Waals surface area contributed by atoms with Crippen LogP contribution < -0.4 is 5.32 Å². The predicted octanol–water partition coefficient (Wildman–Crippen LogP) is 5.33. The number of aryl methyl sites for hydroxylation is 2. The Morgan fingerprint density at radius 1 is 1.11 bits per heavy atom. The van der Waals surface area contributed by atoms with Gasteiger partial charge in [0.05, 0.1) is 15.6 Å². The number of carbonyl (C=O) groups is 1. The largest absolute Gasteiger partial charge is 0.305 e. The molecule has 0 radical (unpaired) electrons. The molecule has 37 heavy (non-hydrogen) atoms. The molecule has 4 aromatic rings. The number of hydrogen-bond acceptors (Lipinski definition) is 6. The lowest BCUT2D eigenvalue weighted by molar-refractivity contribution is 0.102. The highest BCUT2D eigenvalue weighted by Crippen LogP contribution is 2.33. The number of aromatic nitrogens is 3. The maximum absolute atomic E-state index is 13.1. The summed E-state index contributed by atoms with van der Waals surface area (Å²) in [5.41, 5.74) is 2.91. The standard InChI is InChI=1S/C26H26ClN5O3S2/c1-17-8-9-20(14-21(17)27)37(34,35)32-12-10-19(11-13-32)26-28-23(16-36-26)25(33)29-24-15-22(30-31(24)2)18-6-4-3-5-7-18/h3-9,14-16,19H,10-13H2,1-2H3,(H,29,33). The fraction of sp³-hybridized carbons (Fsp3) is 0.269. The Kier molecular flexibility index (Phi) is 7.17. The molecular formula is C26H26ClN5O3S2. The van der Waals surface area contributed by atoms with Crippen molar-refractivity contribution in [2.75, 3.05) is 18.4 Å². The van der Waals surface area contributed by atoms with Crippen LogP contribution >= 0.6 is 22.9 Å². The number of nitrogens with one attached hydrogen (secondary N) is 1. The Morgan fingerprint density at radius 3 is 2.54 bits per heavy atom. The summed E-state index contributed by atoms with van der Waals surface area (Å²) in [5.74, 6) is 0.371. The number of rotatable bonds is 6. The molecule has 1 N–H and O–H groups in total. The molecule has 5 rings (SSSR count). The van der Waals surface area contributed by atoms with Gasteiger partial charge in [-0.3, -0.25) is 9.48 Å². The van der Waals surface area contributed by atoms with E-state index in [1.165, 1.54) is 21.7 Å². The molecule has 1 aliphatic heterocycles. The minimum absolute atomic E-state index is 0.0981. The smallest absolute Gasteiger partial charge is 0.276 e. The Balaban J connectivity index is 1.22. The zero-order valence-corrected chi connectivity index (χ0v) is 22.8.